The molecule has 0 aliphatic carbocycles. The summed E-state index contributed by atoms with van der Waals surface area (Å²) < 4.78 is 27.7. The zero-order chi connectivity index (χ0) is 14.1. The molecule has 0 amide bonds. The van der Waals surface area contributed by atoms with Crippen LogP contribution in [0.25, 0.3) is 0 Å². The summed E-state index contributed by atoms with van der Waals surface area (Å²) in [5, 5.41) is 9.31. The van der Waals surface area contributed by atoms with Crippen LogP contribution in [-0.4, -0.2) is 54.3 Å². The maximum atomic E-state index is 12.4. The molecule has 0 aromatic carbocycles. The van der Waals surface area contributed by atoms with E-state index in [1.165, 1.54) is 8.61 Å². The second-order valence-electron chi connectivity index (χ2n) is 5.45. The first kappa shape index (κ1) is 14.7. The van der Waals surface area contributed by atoms with E-state index in [1.807, 2.05) is 6.92 Å². The predicted molar refractivity (Wildman–Crippen MR) is 70.9 cm³/mol. The lowest BCUT2D eigenvalue weighted by atomic mass is 9.77. The molecule has 6 nitrogen and oxygen atoms in total. The molecular formula is C12H22N2O4S. The van der Waals surface area contributed by atoms with Crippen molar-refractivity contribution in [2.24, 2.45) is 5.41 Å². The number of aliphatic carboxylic acids is 1. The summed E-state index contributed by atoms with van der Waals surface area (Å²) in [7, 11) is -3.37. The van der Waals surface area contributed by atoms with Crippen LogP contribution in [0.3, 0.4) is 0 Å². The molecule has 110 valence electrons. The summed E-state index contributed by atoms with van der Waals surface area (Å²) in [6.45, 7) is 3.68. The third kappa shape index (κ3) is 2.64. The Hall–Kier alpha value is -0.660. The smallest absolute Gasteiger partial charge is 0.309 e. The molecule has 2 fully saturated rings. The molecule has 2 heterocycles. The molecule has 19 heavy (non-hydrogen) atoms. The Bertz CT molecular complexity index is 435. The lowest BCUT2D eigenvalue weighted by Gasteiger charge is -2.38. The first-order chi connectivity index (χ1) is 8.92. The van der Waals surface area contributed by atoms with Gasteiger partial charge in [0.15, 0.2) is 0 Å². The number of carbonyl (C=O) groups is 1. The fraction of sp³-hybridized carbons (Fsp3) is 0.917. The van der Waals surface area contributed by atoms with Crippen molar-refractivity contribution < 1.29 is 18.3 Å². The highest BCUT2D eigenvalue weighted by Crippen LogP contribution is 2.36. The van der Waals surface area contributed by atoms with Crippen LogP contribution >= 0.6 is 0 Å². The highest BCUT2D eigenvalue weighted by atomic mass is 32.2. The first-order valence-electron chi connectivity index (χ1n) is 6.91. The van der Waals surface area contributed by atoms with Gasteiger partial charge in [-0.3, -0.25) is 4.79 Å². The molecule has 0 atom stereocenters. The van der Waals surface area contributed by atoms with Gasteiger partial charge < -0.3 is 5.11 Å². The van der Waals surface area contributed by atoms with E-state index in [1.54, 1.807) is 0 Å². The fourth-order valence-electron chi connectivity index (χ4n) is 2.95. The van der Waals surface area contributed by atoms with Crippen LogP contribution in [0.2, 0.25) is 0 Å². The van der Waals surface area contributed by atoms with Crippen LogP contribution in [0.4, 0.5) is 0 Å². The van der Waals surface area contributed by atoms with E-state index in [0.717, 1.165) is 12.8 Å². The molecule has 1 N–H and O–H groups in total. The minimum atomic E-state index is -3.37. The number of carboxylic acid groups (broad SMARTS) is 1. The van der Waals surface area contributed by atoms with E-state index < -0.39 is 21.6 Å². The van der Waals surface area contributed by atoms with E-state index in [2.05, 4.69) is 0 Å². The van der Waals surface area contributed by atoms with E-state index in [9.17, 15) is 18.3 Å². The number of nitrogens with zero attached hydrogens (tertiary/aromatic N) is 2. The molecule has 2 saturated heterocycles. The van der Waals surface area contributed by atoms with Gasteiger partial charge in [-0.15, -0.1) is 0 Å². The normalized spacial score (nSPS) is 25.5. The Morgan fingerprint density at radius 2 is 1.58 bits per heavy atom. The molecular weight excluding hydrogens is 268 g/mol. The summed E-state index contributed by atoms with van der Waals surface area (Å²) >= 11 is 0. The molecule has 0 radical (unpaired) electrons. The van der Waals surface area contributed by atoms with E-state index in [0.29, 0.717) is 45.4 Å². The second kappa shape index (κ2) is 5.38. The van der Waals surface area contributed by atoms with Gasteiger partial charge in [-0.25, -0.2) is 0 Å². The average molecular weight is 290 g/mol. The van der Waals surface area contributed by atoms with Gasteiger partial charge in [0.1, 0.15) is 0 Å². The number of piperidine rings is 1. The predicted octanol–water partition coefficient (Wildman–Crippen LogP) is 0.904. The number of hydrogen-bond donors (Lipinski definition) is 1. The van der Waals surface area contributed by atoms with Crippen molar-refractivity contribution in [3.05, 3.63) is 0 Å². The van der Waals surface area contributed by atoms with Gasteiger partial charge in [0.05, 0.1) is 5.41 Å². The second-order valence-corrected chi connectivity index (χ2v) is 7.38. The Labute approximate surface area is 114 Å². The van der Waals surface area contributed by atoms with Gasteiger partial charge in [-0.2, -0.15) is 17.0 Å². The third-order valence-corrected chi connectivity index (χ3v) is 6.56. The number of carboxylic acids is 1. The summed E-state index contributed by atoms with van der Waals surface area (Å²) in [6.07, 6.45) is 3.21. The van der Waals surface area contributed by atoms with E-state index in [4.69, 9.17) is 0 Å². The minimum Gasteiger partial charge on any atom is -0.481 e. The fourth-order valence-corrected chi connectivity index (χ4v) is 4.64. The summed E-state index contributed by atoms with van der Waals surface area (Å²) in [4.78, 5) is 11.3. The zero-order valence-corrected chi connectivity index (χ0v) is 12.2. The van der Waals surface area contributed by atoms with Crippen molar-refractivity contribution in [1.29, 1.82) is 0 Å². The van der Waals surface area contributed by atoms with Crippen LogP contribution < -0.4 is 0 Å². The lowest BCUT2D eigenvalue weighted by Crippen LogP contribution is -2.50. The Morgan fingerprint density at radius 3 is 2.00 bits per heavy atom. The first-order valence-corrected chi connectivity index (χ1v) is 8.31. The van der Waals surface area contributed by atoms with Crippen LogP contribution in [0.5, 0.6) is 0 Å². The molecule has 7 heteroatoms. The minimum absolute atomic E-state index is 0.318. The van der Waals surface area contributed by atoms with Crippen molar-refractivity contribution >= 4 is 16.2 Å². The number of rotatable bonds is 4. The number of hydrogen-bond acceptors (Lipinski definition) is 3. The van der Waals surface area contributed by atoms with Crippen molar-refractivity contribution in [1.82, 2.24) is 8.61 Å². The van der Waals surface area contributed by atoms with Crippen LogP contribution in [0, 0.1) is 5.41 Å². The maximum Gasteiger partial charge on any atom is 0.309 e. The Balaban J connectivity index is 2.05. The molecule has 0 bridgehead atoms. The standard InChI is InChI=1S/C12H22N2O4S/c1-2-12(11(15)16)5-9-14(10-6-12)19(17,18)13-7-3-4-8-13/h2-10H2,1H3,(H,15,16). The van der Waals surface area contributed by atoms with Crippen molar-refractivity contribution in [2.75, 3.05) is 26.2 Å². The quantitative estimate of drug-likeness (QED) is 0.834. The molecule has 0 saturated carbocycles. The molecule has 2 rings (SSSR count). The molecule has 2 aliphatic heterocycles. The maximum absolute atomic E-state index is 12.4. The van der Waals surface area contributed by atoms with Gasteiger partial charge in [0.25, 0.3) is 10.2 Å². The van der Waals surface area contributed by atoms with Crippen molar-refractivity contribution in [3.63, 3.8) is 0 Å². The van der Waals surface area contributed by atoms with E-state index >= 15 is 0 Å². The molecule has 0 aromatic rings. The van der Waals surface area contributed by atoms with Gasteiger partial charge in [0, 0.05) is 26.2 Å². The summed E-state index contributed by atoms with van der Waals surface area (Å²) in [5.41, 5.74) is -0.739. The summed E-state index contributed by atoms with van der Waals surface area (Å²) in [5.74, 6) is -0.798. The topological polar surface area (TPSA) is 77.9 Å². The zero-order valence-electron chi connectivity index (χ0n) is 11.3. The highest BCUT2D eigenvalue weighted by Gasteiger charge is 2.43. The van der Waals surface area contributed by atoms with Crippen molar-refractivity contribution in [2.45, 2.75) is 39.0 Å². The monoisotopic (exact) mass is 290 g/mol. The van der Waals surface area contributed by atoms with Crippen LogP contribution in [0.1, 0.15) is 39.0 Å². The Kier molecular flexibility index (Phi) is 4.17. The third-order valence-electron chi connectivity index (χ3n) is 4.53. The SMILES string of the molecule is CCC1(C(=O)O)CCN(S(=O)(=O)N2CCCC2)CC1. The highest BCUT2D eigenvalue weighted by molar-refractivity contribution is 7.86. The van der Waals surface area contributed by atoms with Gasteiger partial charge in [-0.05, 0) is 32.1 Å². The van der Waals surface area contributed by atoms with Crippen molar-refractivity contribution in [3.8, 4) is 0 Å². The summed E-state index contributed by atoms with van der Waals surface area (Å²) in [6, 6.07) is 0. The largest absolute Gasteiger partial charge is 0.481 e. The molecule has 0 unspecified atom stereocenters. The molecule has 0 aromatic heterocycles. The Morgan fingerprint density at radius 1 is 1.11 bits per heavy atom. The lowest BCUT2D eigenvalue weighted by molar-refractivity contribution is -0.151. The van der Waals surface area contributed by atoms with E-state index in [-0.39, 0.29) is 0 Å². The van der Waals surface area contributed by atoms with Crippen LogP contribution in [0.15, 0.2) is 0 Å². The van der Waals surface area contributed by atoms with Gasteiger partial charge in [0.2, 0.25) is 0 Å². The average Bonchev–Trinajstić information content (AvgIpc) is 2.93. The van der Waals surface area contributed by atoms with Crippen LogP contribution in [-0.2, 0) is 15.0 Å². The van der Waals surface area contributed by atoms with Gasteiger partial charge >= 0.3 is 5.97 Å². The molecule has 2 aliphatic rings. The molecule has 0 spiro atoms. The van der Waals surface area contributed by atoms with Gasteiger partial charge in [-0.1, -0.05) is 6.92 Å².